The second kappa shape index (κ2) is 7.37. The minimum absolute atomic E-state index is 0.0514. The number of hydrogen-bond donors (Lipinski definition) is 1. The van der Waals surface area contributed by atoms with E-state index in [4.69, 9.17) is 0 Å². The minimum Gasteiger partial charge on any atom is -0.355 e. The number of nitrogens with one attached hydrogen (secondary N) is 1. The van der Waals surface area contributed by atoms with E-state index >= 15 is 0 Å². The van der Waals surface area contributed by atoms with Crippen LogP contribution in [0.1, 0.15) is 48.8 Å². The molecular weight excluding hydrogens is 300 g/mol. The van der Waals surface area contributed by atoms with E-state index in [9.17, 15) is 9.59 Å². The lowest BCUT2D eigenvalue weighted by Crippen LogP contribution is -2.36. The summed E-state index contributed by atoms with van der Waals surface area (Å²) in [5.74, 6) is 0.590. The molecule has 1 atom stereocenters. The molecule has 1 N–H and O–H groups in total. The topological polar surface area (TPSA) is 49.4 Å². The average Bonchev–Trinajstić information content (AvgIpc) is 3.18. The fourth-order valence-electron chi connectivity index (χ4n) is 4.00. The van der Waals surface area contributed by atoms with Gasteiger partial charge in [-0.05, 0) is 37.8 Å². The van der Waals surface area contributed by atoms with E-state index in [1.165, 1.54) is 18.4 Å². The van der Waals surface area contributed by atoms with Crippen LogP contribution in [-0.4, -0.2) is 35.8 Å². The Balaban J connectivity index is 1.48. The third-order valence-corrected chi connectivity index (χ3v) is 5.45. The molecule has 130 valence electrons. The zero-order chi connectivity index (χ0) is 17.1. The molecule has 0 spiro atoms. The Morgan fingerprint density at radius 3 is 2.75 bits per heavy atom. The summed E-state index contributed by atoms with van der Waals surface area (Å²) in [5.41, 5.74) is 3.42. The molecule has 0 aromatic heterocycles. The number of benzene rings is 1. The summed E-state index contributed by atoms with van der Waals surface area (Å²) in [6.45, 7) is 5.51. The Morgan fingerprint density at radius 1 is 1.25 bits per heavy atom. The average molecular weight is 328 g/mol. The van der Waals surface area contributed by atoms with Crippen LogP contribution in [0.5, 0.6) is 0 Å². The molecule has 2 fully saturated rings. The molecule has 1 saturated heterocycles. The number of carbonyl (C=O) groups excluding carboxylic acids is 2. The summed E-state index contributed by atoms with van der Waals surface area (Å²) < 4.78 is 0. The first kappa shape index (κ1) is 17.0. The molecule has 2 amide bonds. The van der Waals surface area contributed by atoms with Gasteiger partial charge in [-0.1, -0.05) is 36.6 Å². The summed E-state index contributed by atoms with van der Waals surface area (Å²) >= 11 is 0. The monoisotopic (exact) mass is 328 g/mol. The third kappa shape index (κ3) is 3.97. The van der Waals surface area contributed by atoms with Crippen molar-refractivity contribution >= 4 is 11.8 Å². The van der Waals surface area contributed by atoms with Crippen molar-refractivity contribution in [2.75, 3.05) is 13.1 Å². The quantitative estimate of drug-likeness (QED) is 0.903. The highest BCUT2D eigenvalue weighted by Gasteiger charge is 2.35. The highest BCUT2D eigenvalue weighted by atomic mass is 16.2. The van der Waals surface area contributed by atoms with Gasteiger partial charge in [-0.3, -0.25) is 9.59 Å². The number of likely N-dealkylation sites (tertiary alicyclic amines) is 1. The maximum absolute atomic E-state index is 12.2. The van der Waals surface area contributed by atoms with Crippen LogP contribution in [0.4, 0.5) is 0 Å². The summed E-state index contributed by atoms with van der Waals surface area (Å²) in [4.78, 5) is 26.5. The molecule has 3 rings (SSSR count). The SMILES string of the molecule is Cc1ccc(C)c(CC(=O)NCC2CC(=O)N(C3CCCC3)C2)c1. The molecule has 4 nitrogen and oxygen atoms in total. The summed E-state index contributed by atoms with van der Waals surface area (Å²) in [6.07, 6.45) is 5.78. The van der Waals surface area contributed by atoms with Crippen molar-refractivity contribution in [2.24, 2.45) is 5.92 Å². The number of aryl methyl sites for hydroxylation is 2. The first-order valence-electron chi connectivity index (χ1n) is 9.15. The largest absolute Gasteiger partial charge is 0.355 e. The van der Waals surface area contributed by atoms with Gasteiger partial charge >= 0.3 is 0 Å². The molecule has 1 unspecified atom stereocenters. The lowest BCUT2D eigenvalue weighted by atomic mass is 10.0. The lowest BCUT2D eigenvalue weighted by molar-refractivity contribution is -0.129. The molecule has 1 heterocycles. The second-order valence-corrected chi connectivity index (χ2v) is 7.47. The zero-order valence-electron chi connectivity index (χ0n) is 14.8. The molecule has 1 aromatic carbocycles. The van der Waals surface area contributed by atoms with Gasteiger partial charge in [0.1, 0.15) is 0 Å². The van der Waals surface area contributed by atoms with Crippen LogP contribution >= 0.6 is 0 Å². The van der Waals surface area contributed by atoms with E-state index < -0.39 is 0 Å². The Kier molecular flexibility index (Phi) is 5.22. The molecule has 0 bridgehead atoms. The highest BCUT2D eigenvalue weighted by Crippen LogP contribution is 2.29. The molecule has 2 aliphatic rings. The van der Waals surface area contributed by atoms with Gasteiger partial charge in [0.25, 0.3) is 0 Å². The Morgan fingerprint density at radius 2 is 2.00 bits per heavy atom. The fourth-order valence-corrected chi connectivity index (χ4v) is 4.00. The Labute approximate surface area is 144 Å². The number of carbonyl (C=O) groups is 2. The van der Waals surface area contributed by atoms with E-state index in [-0.39, 0.29) is 17.7 Å². The van der Waals surface area contributed by atoms with Crippen LogP contribution in [0, 0.1) is 19.8 Å². The molecule has 24 heavy (non-hydrogen) atoms. The first-order chi connectivity index (χ1) is 11.5. The van der Waals surface area contributed by atoms with Crippen molar-refractivity contribution in [3.05, 3.63) is 34.9 Å². The van der Waals surface area contributed by atoms with E-state index in [0.717, 1.165) is 30.5 Å². The van der Waals surface area contributed by atoms with Crippen LogP contribution in [0.3, 0.4) is 0 Å². The van der Waals surface area contributed by atoms with E-state index in [0.29, 0.717) is 25.4 Å². The van der Waals surface area contributed by atoms with Crippen molar-refractivity contribution in [1.82, 2.24) is 10.2 Å². The van der Waals surface area contributed by atoms with Crippen LogP contribution in [0.25, 0.3) is 0 Å². The summed E-state index contributed by atoms with van der Waals surface area (Å²) in [7, 11) is 0. The molecule has 1 aliphatic carbocycles. The predicted molar refractivity (Wildman–Crippen MR) is 94.7 cm³/mol. The van der Waals surface area contributed by atoms with Crippen molar-refractivity contribution in [3.8, 4) is 0 Å². The smallest absolute Gasteiger partial charge is 0.224 e. The number of rotatable bonds is 5. The van der Waals surface area contributed by atoms with Gasteiger partial charge in [-0.25, -0.2) is 0 Å². The van der Waals surface area contributed by atoms with Crippen molar-refractivity contribution in [2.45, 2.75) is 58.4 Å². The van der Waals surface area contributed by atoms with Crippen LogP contribution < -0.4 is 5.32 Å². The standard InChI is InChI=1S/C20H28N2O2/c1-14-7-8-15(2)17(9-14)11-19(23)21-12-16-10-20(24)22(13-16)18-5-3-4-6-18/h7-9,16,18H,3-6,10-13H2,1-2H3,(H,21,23). The van der Waals surface area contributed by atoms with Crippen molar-refractivity contribution in [1.29, 1.82) is 0 Å². The molecule has 1 saturated carbocycles. The second-order valence-electron chi connectivity index (χ2n) is 7.47. The molecule has 0 radical (unpaired) electrons. The number of amides is 2. The van der Waals surface area contributed by atoms with Gasteiger partial charge in [-0.2, -0.15) is 0 Å². The Hall–Kier alpha value is -1.84. The van der Waals surface area contributed by atoms with Crippen LogP contribution in [-0.2, 0) is 16.0 Å². The van der Waals surface area contributed by atoms with Gasteiger partial charge in [-0.15, -0.1) is 0 Å². The summed E-state index contributed by atoms with van der Waals surface area (Å²) in [6, 6.07) is 6.66. The fraction of sp³-hybridized carbons (Fsp3) is 0.600. The van der Waals surface area contributed by atoms with Crippen LogP contribution in [0.2, 0.25) is 0 Å². The number of nitrogens with zero attached hydrogens (tertiary/aromatic N) is 1. The third-order valence-electron chi connectivity index (χ3n) is 5.45. The van der Waals surface area contributed by atoms with Crippen molar-refractivity contribution in [3.63, 3.8) is 0 Å². The van der Waals surface area contributed by atoms with Crippen molar-refractivity contribution < 1.29 is 9.59 Å². The minimum atomic E-state index is 0.0514. The Bertz CT molecular complexity index is 620. The van der Waals surface area contributed by atoms with Gasteiger partial charge in [0.05, 0.1) is 6.42 Å². The lowest BCUT2D eigenvalue weighted by Gasteiger charge is -2.24. The molecule has 1 aromatic rings. The molecule has 4 heteroatoms. The number of hydrogen-bond acceptors (Lipinski definition) is 2. The maximum atomic E-state index is 12.2. The van der Waals surface area contributed by atoms with E-state index in [1.807, 2.05) is 13.8 Å². The summed E-state index contributed by atoms with van der Waals surface area (Å²) in [5, 5.41) is 3.03. The predicted octanol–water partition coefficient (Wildman–Crippen LogP) is 2.75. The zero-order valence-corrected chi connectivity index (χ0v) is 14.8. The first-order valence-corrected chi connectivity index (χ1v) is 9.15. The van der Waals surface area contributed by atoms with Gasteiger partial charge in [0.15, 0.2) is 0 Å². The van der Waals surface area contributed by atoms with Crippen LogP contribution in [0.15, 0.2) is 18.2 Å². The normalized spacial score (nSPS) is 21.5. The van der Waals surface area contributed by atoms with Gasteiger partial charge < -0.3 is 10.2 Å². The maximum Gasteiger partial charge on any atom is 0.224 e. The molecule has 1 aliphatic heterocycles. The van der Waals surface area contributed by atoms with E-state index in [2.05, 4.69) is 28.4 Å². The van der Waals surface area contributed by atoms with Gasteiger partial charge in [0, 0.05) is 31.5 Å². The van der Waals surface area contributed by atoms with E-state index in [1.54, 1.807) is 0 Å². The highest BCUT2D eigenvalue weighted by molar-refractivity contribution is 5.80. The molecular formula is C20H28N2O2. The van der Waals surface area contributed by atoms with Gasteiger partial charge in [0.2, 0.25) is 11.8 Å².